The van der Waals surface area contributed by atoms with E-state index in [1.54, 1.807) is 67.0 Å². The van der Waals surface area contributed by atoms with Crippen molar-refractivity contribution in [2.45, 2.75) is 205 Å². The fraction of sp³-hybridized carbons (Fsp3) is 0.857. The number of nitrogens with one attached hydrogen (secondary N) is 3. The molecule has 18 atom stereocenters. The van der Waals surface area contributed by atoms with E-state index in [0.29, 0.717) is 43.4 Å². The topological polar surface area (TPSA) is 217 Å². The molecule has 0 aliphatic carbocycles. The van der Waals surface area contributed by atoms with Gasteiger partial charge in [-0.2, -0.15) is 0 Å². The first kappa shape index (κ1) is 56.2. The van der Waals surface area contributed by atoms with Crippen LogP contribution in [0.1, 0.15) is 115 Å². The van der Waals surface area contributed by atoms with Gasteiger partial charge in [-0.3, -0.25) is 4.79 Å². The zero-order valence-corrected chi connectivity index (χ0v) is 42.6. The Labute approximate surface area is 394 Å². The highest BCUT2D eigenvalue weighted by Gasteiger charge is 2.58. The van der Waals surface area contributed by atoms with Gasteiger partial charge in [0.2, 0.25) is 0 Å². The summed E-state index contributed by atoms with van der Waals surface area (Å²) in [6.45, 7) is 23.4. The van der Waals surface area contributed by atoms with E-state index in [9.17, 15) is 25.2 Å². The molecule has 1 aromatic rings. The van der Waals surface area contributed by atoms with Crippen molar-refractivity contribution in [3.8, 4) is 17.2 Å². The third kappa shape index (κ3) is 12.9. The van der Waals surface area contributed by atoms with Gasteiger partial charge in [0.25, 0.3) is 0 Å². The predicted octanol–water partition coefficient (Wildman–Crippen LogP) is 4.08. The lowest BCUT2D eigenvalue weighted by Crippen LogP contribution is -2.70. The first-order valence-corrected chi connectivity index (χ1v) is 24.3. The van der Waals surface area contributed by atoms with Crippen LogP contribution in [0.5, 0.6) is 17.2 Å². The van der Waals surface area contributed by atoms with Crippen LogP contribution in [0, 0.1) is 17.8 Å². The summed E-state index contributed by atoms with van der Waals surface area (Å²) in [7, 11) is 4.97. The molecular formula is C49H87N3O14. The summed E-state index contributed by atoms with van der Waals surface area (Å²) < 4.78 is 57.7. The maximum absolute atomic E-state index is 14.6. The van der Waals surface area contributed by atoms with Gasteiger partial charge in [-0.25, -0.2) is 0 Å². The number of hydrogen-bond acceptors (Lipinski definition) is 17. The molecule has 382 valence electrons. The van der Waals surface area contributed by atoms with E-state index in [1.165, 1.54) is 6.92 Å². The monoisotopic (exact) mass is 942 g/mol. The van der Waals surface area contributed by atoms with Crippen LogP contribution in [0.2, 0.25) is 0 Å². The molecule has 0 radical (unpaired) electrons. The summed E-state index contributed by atoms with van der Waals surface area (Å²) in [6.07, 6.45) is -6.49. The molecule has 3 fully saturated rings. The van der Waals surface area contributed by atoms with Crippen LogP contribution >= 0.6 is 0 Å². The smallest absolute Gasteiger partial charge is 0.311 e. The van der Waals surface area contributed by atoms with E-state index in [1.807, 2.05) is 48.6 Å². The highest BCUT2D eigenvalue weighted by Crippen LogP contribution is 2.43. The molecular weight excluding hydrogens is 855 g/mol. The lowest BCUT2D eigenvalue weighted by atomic mass is 9.75. The number of carbonyl (C=O) groups is 1. The van der Waals surface area contributed by atoms with E-state index in [2.05, 4.69) is 16.0 Å². The van der Waals surface area contributed by atoms with Crippen LogP contribution in [0.25, 0.3) is 0 Å². The number of esters is 1. The van der Waals surface area contributed by atoms with Crippen LogP contribution < -0.4 is 30.2 Å². The van der Waals surface area contributed by atoms with Crippen LogP contribution in [0.15, 0.2) is 18.2 Å². The highest BCUT2D eigenvalue weighted by molar-refractivity contribution is 5.73. The zero-order valence-electron chi connectivity index (χ0n) is 42.6. The number of benzene rings is 1. The second-order valence-electron chi connectivity index (χ2n) is 19.9. The molecule has 0 spiro atoms. The van der Waals surface area contributed by atoms with Crippen molar-refractivity contribution in [1.29, 1.82) is 0 Å². The molecule has 0 bridgehead atoms. The van der Waals surface area contributed by atoms with Crippen molar-refractivity contribution >= 4 is 5.97 Å². The van der Waals surface area contributed by atoms with Crippen molar-refractivity contribution in [2.75, 3.05) is 47.5 Å². The van der Waals surface area contributed by atoms with Gasteiger partial charge in [-0.05, 0) is 119 Å². The number of ether oxygens (including phenoxy) is 9. The molecule has 7 N–H and O–H groups in total. The number of aliphatic hydroxyl groups excluding tert-OH is 1. The minimum Gasteiger partial charge on any atom is -0.493 e. The first-order valence-electron chi connectivity index (χ1n) is 24.3. The number of aliphatic hydroxyl groups is 4. The zero-order chi connectivity index (χ0) is 49.4. The van der Waals surface area contributed by atoms with Gasteiger partial charge < -0.3 is 79.0 Å². The second kappa shape index (κ2) is 24.0. The molecule has 0 saturated carbocycles. The molecule has 3 aliphatic rings. The SMILES string of the molecule is CCCNC[C@]1(O)[C@H](C)O[C@@H](O[C@H]2[C@H](C)[C@@H](O[C@@H]3O[C@H](C)C[C@H](NC)[C@H]3Oc3ccc(OC)c(OCC)c3)[C@](C)(O)C[C@@H](C)CN[C@H](C)[C@@H](O)[C@](C)(O)[C@@H](CC)OC(=O)[C@@H]2C)C[C@@]1(C)OC. The summed E-state index contributed by atoms with van der Waals surface area (Å²) in [4.78, 5) is 14.6. The van der Waals surface area contributed by atoms with Crippen molar-refractivity contribution in [1.82, 2.24) is 16.0 Å². The van der Waals surface area contributed by atoms with E-state index >= 15 is 0 Å². The average molecular weight is 942 g/mol. The number of methoxy groups -OCH3 is 2. The molecule has 0 amide bonds. The summed E-state index contributed by atoms with van der Waals surface area (Å²) in [6, 6.07) is 4.45. The molecule has 1 aromatic carbocycles. The molecule has 3 saturated heterocycles. The fourth-order valence-electron chi connectivity index (χ4n) is 10.3. The molecule has 17 heteroatoms. The lowest BCUT2D eigenvalue weighted by molar-refractivity contribution is -0.335. The minimum absolute atomic E-state index is 0.0821. The maximum atomic E-state index is 14.6. The van der Waals surface area contributed by atoms with Crippen molar-refractivity contribution < 1.29 is 67.9 Å². The molecule has 0 unspecified atom stereocenters. The van der Waals surface area contributed by atoms with Gasteiger partial charge in [0, 0.05) is 38.1 Å². The lowest BCUT2D eigenvalue weighted by Gasteiger charge is -2.53. The van der Waals surface area contributed by atoms with Gasteiger partial charge in [0.1, 0.15) is 34.8 Å². The Balaban J connectivity index is 1.86. The van der Waals surface area contributed by atoms with Gasteiger partial charge in [-0.1, -0.05) is 27.7 Å². The van der Waals surface area contributed by atoms with Crippen LogP contribution in [-0.2, 0) is 33.2 Å². The number of hydrogen-bond donors (Lipinski definition) is 7. The Kier molecular flexibility index (Phi) is 20.4. The van der Waals surface area contributed by atoms with Crippen LogP contribution in [0.3, 0.4) is 0 Å². The number of likely N-dealkylation sites (N-methyl/N-ethyl adjacent to an activating group) is 1. The number of carbonyl (C=O) groups excluding carboxylic acids is 1. The molecule has 66 heavy (non-hydrogen) atoms. The Bertz CT molecular complexity index is 1660. The Morgan fingerprint density at radius 1 is 0.924 bits per heavy atom. The summed E-state index contributed by atoms with van der Waals surface area (Å²) in [5, 5.41) is 58.5. The van der Waals surface area contributed by atoms with Crippen molar-refractivity contribution in [3.63, 3.8) is 0 Å². The van der Waals surface area contributed by atoms with E-state index in [4.69, 9.17) is 42.6 Å². The predicted molar refractivity (Wildman–Crippen MR) is 250 cm³/mol. The van der Waals surface area contributed by atoms with E-state index < -0.39 is 95.5 Å². The summed E-state index contributed by atoms with van der Waals surface area (Å²) in [5.41, 5.74) is -6.05. The van der Waals surface area contributed by atoms with Crippen LogP contribution in [-0.4, -0.2) is 164 Å². The summed E-state index contributed by atoms with van der Waals surface area (Å²) in [5.74, 6) is -1.19. The molecule has 3 aliphatic heterocycles. The number of cyclic esters (lactones) is 1. The third-order valence-corrected chi connectivity index (χ3v) is 14.4. The van der Waals surface area contributed by atoms with Gasteiger partial charge in [0.15, 0.2) is 30.2 Å². The average Bonchev–Trinajstić information content (AvgIpc) is 3.27. The summed E-state index contributed by atoms with van der Waals surface area (Å²) >= 11 is 0. The molecule has 17 nitrogen and oxygen atoms in total. The van der Waals surface area contributed by atoms with Gasteiger partial charge in [-0.15, -0.1) is 0 Å². The Morgan fingerprint density at radius 3 is 2.23 bits per heavy atom. The second-order valence-corrected chi connectivity index (χ2v) is 19.9. The highest BCUT2D eigenvalue weighted by atomic mass is 16.7. The third-order valence-electron chi connectivity index (χ3n) is 14.4. The Hall–Kier alpha value is -2.39. The van der Waals surface area contributed by atoms with Crippen LogP contribution in [0.4, 0.5) is 0 Å². The normalized spacial score (nSPS) is 42.1. The number of rotatable bonds is 16. The quantitative estimate of drug-likeness (QED) is 0.0918. The molecule has 0 aromatic heterocycles. The van der Waals surface area contributed by atoms with Gasteiger partial charge in [0.05, 0.1) is 55.7 Å². The van der Waals surface area contributed by atoms with Gasteiger partial charge >= 0.3 is 5.97 Å². The first-order chi connectivity index (χ1) is 31.0. The Morgan fingerprint density at radius 2 is 1.62 bits per heavy atom. The molecule has 4 rings (SSSR count). The maximum Gasteiger partial charge on any atom is 0.311 e. The standard InChI is InChI=1S/C49H87N3O14/c1-16-21-51-27-49(57)33(9)62-39(25-47(49,11)59-15)65-40-30(6)43(46(10,55)24-28(4)26-52-32(8)42(53)48(12,56)38(17-2)64-44(54)31(40)7)66-45-41(35(50-13)22-29(5)61-45)63-34-19-20-36(58-14)37(23-34)60-18-3/h19-20,23,28-33,35,38-43,45,50-53,55-57H,16-18,21-22,24-27H2,1-15H3/t28-,29-,30+,31-,32-,33+,35+,38-,39+,40+,41-,42-,43-,45+,46-,47-,48-,49+/m1/s1. The molecule has 3 heterocycles. The fourth-order valence-corrected chi connectivity index (χ4v) is 10.3. The van der Waals surface area contributed by atoms with E-state index in [0.717, 1.165) is 6.42 Å². The van der Waals surface area contributed by atoms with Crippen molar-refractivity contribution in [3.05, 3.63) is 18.2 Å². The van der Waals surface area contributed by atoms with E-state index in [-0.39, 0.29) is 43.9 Å². The minimum atomic E-state index is -1.83. The van der Waals surface area contributed by atoms with Crippen molar-refractivity contribution in [2.24, 2.45) is 17.8 Å². The largest absolute Gasteiger partial charge is 0.493 e.